The summed E-state index contributed by atoms with van der Waals surface area (Å²) in [6.07, 6.45) is 3.63. The van der Waals surface area contributed by atoms with E-state index in [0.29, 0.717) is 0 Å². The zero-order valence-corrected chi connectivity index (χ0v) is 25.0. The van der Waals surface area contributed by atoms with E-state index in [1.165, 1.54) is 0 Å². The van der Waals surface area contributed by atoms with E-state index in [9.17, 15) is 9.59 Å². The summed E-state index contributed by atoms with van der Waals surface area (Å²) in [6, 6.07) is 43.1. The molecule has 5 nitrogen and oxygen atoms in total. The molecule has 0 aliphatic carbocycles. The van der Waals surface area contributed by atoms with Gasteiger partial charge in [-0.2, -0.15) is 0 Å². The molecule has 0 radical (unpaired) electrons. The number of anilines is 3. The van der Waals surface area contributed by atoms with E-state index in [1.807, 2.05) is 109 Å². The summed E-state index contributed by atoms with van der Waals surface area (Å²) in [5.74, 6) is -2.39. The lowest BCUT2D eigenvalue weighted by Crippen LogP contribution is -2.30. The first-order chi connectivity index (χ1) is 22.0. The van der Waals surface area contributed by atoms with Gasteiger partial charge in [0.05, 0.1) is 0 Å². The number of carbonyl (C=O) groups excluding carboxylic acids is 2. The summed E-state index contributed by atoms with van der Waals surface area (Å²) in [5, 5.41) is 0. The maximum atomic E-state index is 13.4. The van der Waals surface area contributed by atoms with Gasteiger partial charge in [0.15, 0.2) is 5.92 Å². The molecule has 0 spiro atoms. The van der Waals surface area contributed by atoms with Crippen molar-refractivity contribution < 1.29 is 19.1 Å². The van der Waals surface area contributed by atoms with E-state index in [-0.39, 0.29) is 19.6 Å². The lowest BCUT2D eigenvalue weighted by molar-refractivity contribution is -0.163. The van der Waals surface area contributed by atoms with Gasteiger partial charge in [-0.15, -0.1) is 0 Å². The minimum atomic E-state index is -1.13. The Balaban J connectivity index is 1.34. The Morgan fingerprint density at radius 1 is 0.533 bits per heavy atom. The van der Waals surface area contributed by atoms with Crippen LogP contribution in [-0.2, 0) is 38.7 Å². The summed E-state index contributed by atoms with van der Waals surface area (Å²) in [5.41, 5.74) is 7.35. The fourth-order valence-electron chi connectivity index (χ4n) is 4.89. The van der Waals surface area contributed by atoms with E-state index < -0.39 is 17.9 Å². The van der Waals surface area contributed by atoms with Gasteiger partial charge in [0.25, 0.3) is 0 Å². The molecule has 5 rings (SSSR count). The number of esters is 2. The predicted octanol–water partition coefficient (Wildman–Crippen LogP) is 9.09. The fourth-order valence-corrected chi connectivity index (χ4v) is 4.89. The molecule has 0 aliphatic rings. The maximum absolute atomic E-state index is 13.4. The van der Waals surface area contributed by atoms with Crippen molar-refractivity contribution in [3.8, 4) is 0 Å². The molecule has 0 saturated heterocycles. The minimum absolute atomic E-state index is 0.0467. The third kappa shape index (κ3) is 8.24. The molecule has 0 atom stereocenters. The summed E-state index contributed by atoms with van der Waals surface area (Å²) in [7, 11) is 0. The van der Waals surface area contributed by atoms with Gasteiger partial charge in [-0.1, -0.05) is 122 Å². The van der Waals surface area contributed by atoms with Gasteiger partial charge in [-0.25, -0.2) is 0 Å². The molecule has 0 N–H and O–H groups in total. The van der Waals surface area contributed by atoms with E-state index in [1.54, 1.807) is 12.2 Å². The topological polar surface area (TPSA) is 55.8 Å². The molecule has 0 bridgehead atoms. The Morgan fingerprint density at radius 3 is 1.31 bits per heavy atom. The SMILES string of the molecule is C=Cc1ccc(COC(=O)C(Cc2ccc(N(c3ccccc3)c3ccccc3)cc2)C(=O)OCc2ccc(C=C)cc2)cc1. The van der Waals surface area contributed by atoms with Crippen molar-refractivity contribution in [2.45, 2.75) is 19.6 Å². The lowest BCUT2D eigenvalue weighted by Gasteiger charge is -2.25. The van der Waals surface area contributed by atoms with Crippen LogP contribution in [0.1, 0.15) is 27.8 Å². The van der Waals surface area contributed by atoms with Crippen LogP contribution in [0.5, 0.6) is 0 Å². The van der Waals surface area contributed by atoms with Crippen LogP contribution >= 0.6 is 0 Å². The standard InChI is InChI=1S/C40H35NO4/c1-3-30-15-19-33(20-16-30)28-44-39(42)38(40(43)45-29-34-21-17-31(4-2)18-22-34)27-32-23-25-37(26-24-32)41(35-11-7-5-8-12-35)36-13-9-6-10-14-36/h3-26,38H,1-2,27-29H2. The van der Waals surface area contributed by atoms with Gasteiger partial charge < -0.3 is 14.4 Å². The Kier molecular flexibility index (Phi) is 10.4. The second-order valence-corrected chi connectivity index (χ2v) is 10.5. The zero-order chi connectivity index (χ0) is 31.4. The average molecular weight is 594 g/mol. The molecule has 0 unspecified atom stereocenters. The molecule has 0 heterocycles. The molecule has 224 valence electrons. The maximum Gasteiger partial charge on any atom is 0.321 e. The van der Waals surface area contributed by atoms with Crippen molar-refractivity contribution >= 4 is 41.2 Å². The first-order valence-electron chi connectivity index (χ1n) is 14.8. The molecular formula is C40H35NO4. The van der Waals surface area contributed by atoms with Crippen LogP contribution in [0, 0.1) is 5.92 Å². The second-order valence-electron chi connectivity index (χ2n) is 10.5. The van der Waals surface area contributed by atoms with E-state index in [4.69, 9.17) is 9.47 Å². The second kappa shape index (κ2) is 15.2. The highest BCUT2D eigenvalue weighted by molar-refractivity contribution is 5.95. The molecule has 5 heteroatoms. The van der Waals surface area contributed by atoms with Gasteiger partial charge in [0.2, 0.25) is 0 Å². The van der Waals surface area contributed by atoms with Crippen molar-refractivity contribution in [1.82, 2.24) is 0 Å². The van der Waals surface area contributed by atoms with E-state index in [2.05, 4.69) is 42.3 Å². The number of benzene rings is 5. The molecular weight excluding hydrogens is 558 g/mol. The van der Waals surface area contributed by atoms with Crippen molar-refractivity contribution in [2.75, 3.05) is 4.90 Å². The molecule has 0 amide bonds. The van der Waals surface area contributed by atoms with Crippen molar-refractivity contribution in [2.24, 2.45) is 5.92 Å². The van der Waals surface area contributed by atoms with Gasteiger partial charge in [-0.3, -0.25) is 9.59 Å². The van der Waals surface area contributed by atoms with Gasteiger partial charge >= 0.3 is 11.9 Å². The van der Waals surface area contributed by atoms with Gasteiger partial charge in [0, 0.05) is 17.1 Å². The Labute approximate surface area is 264 Å². The molecule has 0 aliphatic heterocycles. The Bertz CT molecular complexity index is 1610. The number of hydrogen-bond donors (Lipinski definition) is 0. The van der Waals surface area contributed by atoms with Crippen LogP contribution in [-0.4, -0.2) is 11.9 Å². The third-order valence-electron chi connectivity index (χ3n) is 7.43. The van der Waals surface area contributed by atoms with E-state index in [0.717, 1.165) is 44.9 Å². The number of nitrogens with zero attached hydrogens (tertiary/aromatic N) is 1. The highest BCUT2D eigenvalue weighted by Gasteiger charge is 2.30. The Hall–Kier alpha value is -5.68. The van der Waals surface area contributed by atoms with Crippen LogP contribution in [0.15, 0.2) is 147 Å². The highest BCUT2D eigenvalue weighted by Crippen LogP contribution is 2.34. The molecule has 5 aromatic rings. The monoisotopic (exact) mass is 593 g/mol. The first kappa shape index (κ1) is 30.8. The summed E-state index contributed by atoms with van der Waals surface area (Å²) >= 11 is 0. The highest BCUT2D eigenvalue weighted by atomic mass is 16.6. The lowest BCUT2D eigenvalue weighted by atomic mass is 9.99. The van der Waals surface area contributed by atoms with Crippen LogP contribution in [0.25, 0.3) is 12.2 Å². The summed E-state index contributed by atoms with van der Waals surface area (Å²) in [6.45, 7) is 7.63. The van der Waals surface area contributed by atoms with Crippen LogP contribution in [0.2, 0.25) is 0 Å². The number of ether oxygens (including phenoxy) is 2. The molecule has 0 aromatic heterocycles. The largest absolute Gasteiger partial charge is 0.460 e. The van der Waals surface area contributed by atoms with E-state index >= 15 is 0 Å². The molecule has 0 saturated carbocycles. The molecule has 5 aromatic carbocycles. The first-order valence-corrected chi connectivity index (χ1v) is 14.8. The van der Waals surface area contributed by atoms with Crippen molar-refractivity contribution in [3.63, 3.8) is 0 Å². The average Bonchev–Trinajstić information content (AvgIpc) is 3.10. The third-order valence-corrected chi connectivity index (χ3v) is 7.43. The zero-order valence-electron chi connectivity index (χ0n) is 25.0. The normalized spacial score (nSPS) is 10.6. The summed E-state index contributed by atoms with van der Waals surface area (Å²) in [4.78, 5) is 28.9. The number of carbonyl (C=O) groups is 2. The molecule has 0 fully saturated rings. The quantitative estimate of drug-likeness (QED) is 0.101. The van der Waals surface area contributed by atoms with Gasteiger partial charge in [0.1, 0.15) is 13.2 Å². The smallest absolute Gasteiger partial charge is 0.321 e. The van der Waals surface area contributed by atoms with Gasteiger partial charge in [-0.05, 0) is 70.6 Å². The van der Waals surface area contributed by atoms with Crippen LogP contribution in [0.3, 0.4) is 0 Å². The fraction of sp³-hybridized carbons (Fsp3) is 0.100. The van der Waals surface area contributed by atoms with Crippen molar-refractivity contribution in [1.29, 1.82) is 0 Å². The summed E-state index contributed by atoms with van der Waals surface area (Å²) < 4.78 is 11.3. The van der Waals surface area contributed by atoms with Crippen LogP contribution in [0.4, 0.5) is 17.1 Å². The predicted molar refractivity (Wildman–Crippen MR) is 181 cm³/mol. The number of hydrogen-bond acceptors (Lipinski definition) is 5. The number of para-hydroxylation sites is 2. The number of rotatable bonds is 13. The van der Waals surface area contributed by atoms with Crippen molar-refractivity contribution in [3.05, 3.63) is 174 Å². The van der Waals surface area contributed by atoms with Crippen LogP contribution < -0.4 is 4.90 Å². The molecule has 45 heavy (non-hydrogen) atoms. The minimum Gasteiger partial charge on any atom is -0.460 e. The Morgan fingerprint density at radius 2 is 0.911 bits per heavy atom.